The third-order valence-corrected chi connectivity index (χ3v) is 0.365. The summed E-state index contributed by atoms with van der Waals surface area (Å²) in [5.74, 6) is 0.440. The van der Waals surface area contributed by atoms with Crippen molar-refractivity contribution in [1.82, 2.24) is 0 Å². The summed E-state index contributed by atoms with van der Waals surface area (Å²) < 4.78 is 31.6. The minimum absolute atomic E-state index is 0. The number of hydrogen-bond donors (Lipinski definition) is 3. The topological polar surface area (TPSA) is 94.8 Å². The quantitative estimate of drug-likeness (QED) is 0.309. The molecule has 0 aromatic heterocycles. The monoisotopic (exact) mass is 196 g/mol. The molecule has 0 aromatic rings. The van der Waals surface area contributed by atoms with Crippen molar-refractivity contribution in [3.05, 3.63) is 0 Å². The zero-order valence-electron chi connectivity index (χ0n) is 7.85. The number of aliphatic hydroxyl groups excluding tert-OH is 1. The first kappa shape index (κ1) is 17.8. The van der Waals surface area contributed by atoms with Gasteiger partial charge in [-0.25, -0.2) is 0 Å². The van der Waals surface area contributed by atoms with Crippen molar-refractivity contribution in [2.75, 3.05) is 6.61 Å². The molecule has 0 radical (unpaired) electrons. The average Bonchev–Trinajstić information content (AvgIpc) is 1.61. The number of aliphatic hydroxyl groups is 1. The summed E-state index contributed by atoms with van der Waals surface area (Å²) in [6, 6.07) is 0. The average molecular weight is 196 g/mol. The van der Waals surface area contributed by atoms with Gasteiger partial charge in [0, 0.05) is 6.61 Å². The van der Waals surface area contributed by atoms with Gasteiger partial charge in [0.05, 0.1) is 0 Å². The van der Waals surface area contributed by atoms with Gasteiger partial charge in [-0.3, -0.25) is 9.11 Å². The van der Waals surface area contributed by atoms with E-state index in [1.165, 1.54) is 0 Å². The normalized spacial score (nSPS) is 9.64. The fourth-order valence-electron chi connectivity index (χ4n) is 0. The van der Waals surface area contributed by atoms with Crippen LogP contribution >= 0.6 is 0 Å². The summed E-state index contributed by atoms with van der Waals surface area (Å²) in [5.41, 5.74) is 0. The molecule has 0 heterocycles. The Labute approximate surface area is 90.2 Å². The summed E-state index contributed by atoms with van der Waals surface area (Å²) in [7, 11) is -4.67. The number of hydrogen-bond acceptors (Lipinski definition) is 3. The molecule has 0 bridgehead atoms. The molecule has 0 fully saturated rings. The molecule has 11 heavy (non-hydrogen) atoms. The minimum atomic E-state index is -4.67. The van der Waals surface area contributed by atoms with Crippen LogP contribution in [0, 0.1) is 5.92 Å². The van der Waals surface area contributed by atoms with Gasteiger partial charge in [-0.1, -0.05) is 13.8 Å². The van der Waals surface area contributed by atoms with Gasteiger partial charge in [-0.15, -0.1) is 0 Å². The molecule has 0 amide bonds. The Bertz CT molecular complexity index is 149. The predicted molar refractivity (Wildman–Crippen MR) is 37.2 cm³/mol. The summed E-state index contributed by atoms with van der Waals surface area (Å²) >= 11 is 0. The maximum Gasteiger partial charge on any atom is 1.00 e. The molecule has 3 N–H and O–H groups in total. The van der Waals surface area contributed by atoms with Crippen LogP contribution in [-0.2, 0) is 10.4 Å². The van der Waals surface area contributed by atoms with E-state index in [1.54, 1.807) is 0 Å². The van der Waals surface area contributed by atoms with E-state index in [1.807, 2.05) is 13.8 Å². The van der Waals surface area contributed by atoms with E-state index in [2.05, 4.69) is 0 Å². The second-order valence-electron chi connectivity index (χ2n) is 2.02. The second-order valence-corrected chi connectivity index (χ2v) is 2.92. The second kappa shape index (κ2) is 8.92. The van der Waals surface area contributed by atoms with E-state index in [9.17, 15) is 0 Å². The first-order chi connectivity index (χ1) is 4.27. The van der Waals surface area contributed by atoms with Crippen LogP contribution < -0.4 is 29.6 Å². The molecule has 5 nitrogen and oxygen atoms in total. The van der Waals surface area contributed by atoms with Gasteiger partial charge in [0.2, 0.25) is 0 Å². The Balaban J connectivity index is -0.0000000457. The largest absolute Gasteiger partial charge is 1.00 e. The van der Waals surface area contributed by atoms with Gasteiger partial charge in [0.15, 0.2) is 0 Å². The summed E-state index contributed by atoms with van der Waals surface area (Å²) in [4.78, 5) is 0. The Morgan fingerprint density at radius 1 is 1.36 bits per heavy atom. The SMILES string of the molecule is CC(C)CO.O=S(=O)(O)O.[H-].[Na+]. The molecule has 0 aliphatic heterocycles. The molecule has 0 aliphatic carbocycles. The first-order valence-corrected chi connectivity index (χ1v) is 3.97. The van der Waals surface area contributed by atoms with Gasteiger partial charge in [-0.05, 0) is 5.92 Å². The summed E-state index contributed by atoms with van der Waals surface area (Å²) in [6.45, 7) is 4.25. The van der Waals surface area contributed by atoms with E-state index in [0.29, 0.717) is 12.5 Å². The third-order valence-electron chi connectivity index (χ3n) is 0.365. The molecule has 0 atom stereocenters. The van der Waals surface area contributed by atoms with Crippen LogP contribution in [-0.4, -0.2) is 29.2 Å². The molecule has 0 saturated carbocycles. The van der Waals surface area contributed by atoms with Crippen LogP contribution in [0.1, 0.15) is 15.3 Å². The zero-order valence-corrected chi connectivity index (χ0v) is 9.67. The van der Waals surface area contributed by atoms with Gasteiger partial charge in [0.1, 0.15) is 0 Å². The van der Waals surface area contributed by atoms with E-state index in [0.717, 1.165) is 0 Å². The van der Waals surface area contributed by atoms with Crippen molar-refractivity contribution in [3.63, 3.8) is 0 Å². The molecule has 0 saturated heterocycles. The van der Waals surface area contributed by atoms with Crippen molar-refractivity contribution in [3.8, 4) is 0 Å². The van der Waals surface area contributed by atoms with Crippen LogP contribution in [0.5, 0.6) is 0 Å². The van der Waals surface area contributed by atoms with Crippen LogP contribution in [0.4, 0.5) is 0 Å². The summed E-state index contributed by atoms with van der Waals surface area (Å²) in [6.07, 6.45) is 0. The van der Waals surface area contributed by atoms with Crippen molar-refractivity contribution in [1.29, 1.82) is 0 Å². The van der Waals surface area contributed by atoms with E-state index >= 15 is 0 Å². The Morgan fingerprint density at radius 2 is 1.45 bits per heavy atom. The van der Waals surface area contributed by atoms with E-state index in [4.69, 9.17) is 22.6 Å². The van der Waals surface area contributed by atoms with Crippen molar-refractivity contribution >= 4 is 10.4 Å². The minimum Gasteiger partial charge on any atom is -1.00 e. The smallest absolute Gasteiger partial charge is 1.00 e. The Hall–Kier alpha value is 0.830. The Kier molecular flexibility index (Phi) is 14.4. The maximum atomic E-state index is 8.74. The number of rotatable bonds is 1. The van der Waals surface area contributed by atoms with Gasteiger partial charge in [0.25, 0.3) is 0 Å². The molecular weight excluding hydrogens is 183 g/mol. The van der Waals surface area contributed by atoms with E-state index < -0.39 is 10.4 Å². The molecule has 7 heteroatoms. The molecule has 0 spiro atoms. The van der Waals surface area contributed by atoms with Crippen LogP contribution in [0.15, 0.2) is 0 Å². The third kappa shape index (κ3) is 105. The summed E-state index contributed by atoms with van der Waals surface area (Å²) in [5, 5.41) is 8.14. The van der Waals surface area contributed by atoms with E-state index in [-0.39, 0.29) is 31.0 Å². The molecule has 0 aliphatic rings. The van der Waals surface area contributed by atoms with Crippen LogP contribution in [0.3, 0.4) is 0 Å². The molecule has 0 rings (SSSR count). The molecular formula is C4H13NaO5S. The first-order valence-electron chi connectivity index (χ1n) is 2.58. The van der Waals surface area contributed by atoms with Crippen LogP contribution in [0.2, 0.25) is 0 Å². The van der Waals surface area contributed by atoms with Crippen molar-refractivity contribution in [2.45, 2.75) is 13.8 Å². The fourth-order valence-corrected chi connectivity index (χ4v) is 0. The predicted octanol–water partition coefficient (Wildman–Crippen LogP) is -2.90. The molecule has 0 unspecified atom stereocenters. The Morgan fingerprint density at radius 3 is 1.45 bits per heavy atom. The van der Waals surface area contributed by atoms with Gasteiger partial charge in [-0.2, -0.15) is 8.42 Å². The van der Waals surface area contributed by atoms with Crippen molar-refractivity contribution in [2.24, 2.45) is 5.92 Å². The van der Waals surface area contributed by atoms with Gasteiger partial charge >= 0.3 is 40.0 Å². The fraction of sp³-hybridized carbons (Fsp3) is 1.00. The standard InChI is InChI=1S/C4H10O.Na.H2O4S.H/c1-4(2)3-5;;1-5(2,3)4;/h4-5H,3H2,1-2H3;;(H2,1,2,3,4);/q;+1;;-1. The van der Waals surface area contributed by atoms with Gasteiger partial charge < -0.3 is 6.53 Å². The maximum absolute atomic E-state index is 8.74. The van der Waals surface area contributed by atoms with Crippen molar-refractivity contribution < 1.29 is 53.6 Å². The zero-order chi connectivity index (χ0) is 8.78. The van der Waals surface area contributed by atoms with Crippen LogP contribution in [0.25, 0.3) is 0 Å². The molecule has 66 valence electrons. The molecule has 0 aromatic carbocycles.